The number of imide groups is 1. The minimum Gasteiger partial charge on any atom is -0.316 e. The van der Waals surface area contributed by atoms with Gasteiger partial charge in [0.2, 0.25) is 11.8 Å². The van der Waals surface area contributed by atoms with Crippen LogP contribution < -0.4 is 5.32 Å². The summed E-state index contributed by atoms with van der Waals surface area (Å²) in [6, 6.07) is -0.689. The van der Waals surface area contributed by atoms with Crippen LogP contribution in [0.5, 0.6) is 0 Å². The van der Waals surface area contributed by atoms with Crippen LogP contribution in [0.3, 0.4) is 0 Å². The van der Waals surface area contributed by atoms with Crippen molar-refractivity contribution in [2.45, 2.75) is 19.4 Å². The van der Waals surface area contributed by atoms with Gasteiger partial charge in [-0.15, -0.1) is 0 Å². The molecular formula is C11H11ClN4O3. The quantitative estimate of drug-likeness (QED) is 0.771. The molecule has 1 saturated heterocycles. The zero-order valence-corrected chi connectivity index (χ0v) is 10.8. The number of aromatic nitrogens is 2. The molecule has 1 aromatic heterocycles. The van der Waals surface area contributed by atoms with Crippen LogP contribution in [0.1, 0.15) is 23.8 Å². The van der Waals surface area contributed by atoms with Crippen LogP contribution in [-0.4, -0.2) is 45.2 Å². The molecule has 1 aliphatic rings. The summed E-state index contributed by atoms with van der Waals surface area (Å²) in [6.07, 6.45) is 2.94. The highest BCUT2D eigenvalue weighted by Crippen LogP contribution is 2.13. The maximum atomic E-state index is 12.2. The minimum atomic E-state index is -0.689. The van der Waals surface area contributed by atoms with E-state index in [0.717, 1.165) is 0 Å². The van der Waals surface area contributed by atoms with E-state index in [0.29, 0.717) is 6.42 Å². The third-order valence-corrected chi connectivity index (χ3v) is 2.91. The van der Waals surface area contributed by atoms with E-state index >= 15 is 0 Å². The first kappa shape index (κ1) is 13.4. The Balaban J connectivity index is 2.30. The second kappa shape index (κ2) is 5.31. The van der Waals surface area contributed by atoms with Crippen molar-refractivity contribution in [2.24, 2.45) is 0 Å². The van der Waals surface area contributed by atoms with Crippen molar-refractivity contribution in [3.05, 3.63) is 23.2 Å². The number of nitrogens with one attached hydrogen (secondary N) is 1. The fourth-order valence-corrected chi connectivity index (χ4v) is 2.03. The molecule has 1 fully saturated rings. The van der Waals surface area contributed by atoms with Gasteiger partial charge in [0.15, 0.2) is 0 Å². The van der Waals surface area contributed by atoms with Crippen LogP contribution in [0.2, 0.25) is 5.15 Å². The third-order valence-electron chi connectivity index (χ3n) is 2.73. The molecule has 19 heavy (non-hydrogen) atoms. The van der Waals surface area contributed by atoms with Gasteiger partial charge in [0.1, 0.15) is 23.4 Å². The monoisotopic (exact) mass is 282 g/mol. The second-order valence-corrected chi connectivity index (χ2v) is 4.38. The van der Waals surface area contributed by atoms with E-state index < -0.39 is 23.8 Å². The van der Waals surface area contributed by atoms with Crippen LogP contribution in [0, 0.1) is 0 Å². The van der Waals surface area contributed by atoms with Crippen LogP contribution in [0.25, 0.3) is 0 Å². The van der Waals surface area contributed by atoms with Gasteiger partial charge in [-0.2, -0.15) is 0 Å². The predicted molar refractivity (Wildman–Crippen MR) is 65.3 cm³/mol. The molecule has 8 heteroatoms. The number of carbonyl (C=O) groups excluding carboxylic acids is 3. The first-order valence-electron chi connectivity index (χ1n) is 5.65. The lowest BCUT2D eigenvalue weighted by Crippen LogP contribution is -2.59. The van der Waals surface area contributed by atoms with Crippen molar-refractivity contribution in [1.29, 1.82) is 0 Å². The number of hydrogen-bond donors (Lipinski definition) is 1. The van der Waals surface area contributed by atoms with Gasteiger partial charge in [-0.1, -0.05) is 18.5 Å². The van der Waals surface area contributed by atoms with Gasteiger partial charge in [-0.3, -0.25) is 24.7 Å². The Morgan fingerprint density at radius 3 is 2.89 bits per heavy atom. The Bertz CT molecular complexity index is 548. The molecule has 2 rings (SSSR count). The van der Waals surface area contributed by atoms with Crippen molar-refractivity contribution < 1.29 is 14.4 Å². The number of hydrogen-bond acceptors (Lipinski definition) is 5. The highest BCUT2D eigenvalue weighted by Gasteiger charge is 2.36. The molecule has 100 valence electrons. The van der Waals surface area contributed by atoms with Gasteiger partial charge in [-0.05, 0) is 6.42 Å². The number of amides is 3. The van der Waals surface area contributed by atoms with Crippen molar-refractivity contribution in [3.63, 3.8) is 0 Å². The minimum absolute atomic E-state index is 0.00782. The van der Waals surface area contributed by atoms with Gasteiger partial charge in [0, 0.05) is 0 Å². The Hall–Kier alpha value is -2.02. The summed E-state index contributed by atoms with van der Waals surface area (Å²) in [5, 5.41) is 2.27. The van der Waals surface area contributed by atoms with Gasteiger partial charge in [0.05, 0.1) is 12.4 Å². The number of rotatable bonds is 2. The van der Waals surface area contributed by atoms with Gasteiger partial charge < -0.3 is 4.90 Å². The smallest absolute Gasteiger partial charge is 0.275 e. The van der Waals surface area contributed by atoms with Crippen molar-refractivity contribution in [2.75, 3.05) is 6.54 Å². The van der Waals surface area contributed by atoms with E-state index in [1.165, 1.54) is 17.3 Å². The molecule has 1 atom stereocenters. The maximum absolute atomic E-state index is 12.2. The topological polar surface area (TPSA) is 92.3 Å². The summed E-state index contributed by atoms with van der Waals surface area (Å²) in [7, 11) is 0. The molecule has 0 saturated carbocycles. The van der Waals surface area contributed by atoms with E-state index in [1.807, 2.05) is 0 Å². The normalized spacial score (nSPS) is 19.3. The molecule has 7 nitrogen and oxygen atoms in total. The first-order valence-corrected chi connectivity index (χ1v) is 6.03. The highest BCUT2D eigenvalue weighted by molar-refractivity contribution is 6.29. The van der Waals surface area contributed by atoms with Crippen LogP contribution in [-0.2, 0) is 9.59 Å². The lowest BCUT2D eigenvalue weighted by atomic mass is 10.1. The van der Waals surface area contributed by atoms with Crippen molar-refractivity contribution in [3.8, 4) is 0 Å². The molecule has 3 amide bonds. The van der Waals surface area contributed by atoms with E-state index in [2.05, 4.69) is 15.3 Å². The van der Waals surface area contributed by atoms with Crippen LogP contribution in [0.4, 0.5) is 0 Å². The lowest BCUT2D eigenvalue weighted by molar-refractivity contribution is -0.138. The molecule has 1 aliphatic heterocycles. The second-order valence-electron chi connectivity index (χ2n) is 4.00. The molecule has 0 bridgehead atoms. The summed E-state index contributed by atoms with van der Waals surface area (Å²) < 4.78 is 0. The summed E-state index contributed by atoms with van der Waals surface area (Å²) in [6.45, 7) is 1.57. The molecule has 0 spiro atoms. The maximum Gasteiger partial charge on any atom is 0.275 e. The highest BCUT2D eigenvalue weighted by atomic mass is 35.5. The average Bonchev–Trinajstić information content (AvgIpc) is 2.37. The molecular weight excluding hydrogens is 272 g/mol. The summed E-state index contributed by atoms with van der Waals surface area (Å²) in [5.41, 5.74) is 0.00782. The Labute approximate surface area is 114 Å². The molecule has 1 N–H and O–H groups in total. The standard InChI is InChI=1S/C11H11ClN4O3/c1-2-7-10(18)15-9(17)5-16(7)11(19)6-3-13-4-8(12)14-6/h3-4,7H,2,5H2,1H3,(H,15,17,18). The zero-order valence-electron chi connectivity index (χ0n) is 10.1. The van der Waals surface area contributed by atoms with Gasteiger partial charge >= 0.3 is 0 Å². The van der Waals surface area contributed by atoms with E-state index in [-0.39, 0.29) is 17.4 Å². The van der Waals surface area contributed by atoms with E-state index in [1.54, 1.807) is 6.92 Å². The third kappa shape index (κ3) is 2.70. The summed E-state index contributed by atoms with van der Waals surface area (Å²) >= 11 is 5.66. The number of nitrogens with zero attached hydrogens (tertiary/aromatic N) is 3. The van der Waals surface area contributed by atoms with E-state index in [4.69, 9.17) is 11.6 Å². The Morgan fingerprint density at radius 1 is 1.53 bits per heavy atom. The van der Waals surface area contributed by atoms with Crippen molar-refractivity contribution >= 4 is 29.3 Å². The fraction of sp³-hybridized carbons (Fsp3) is 0.364. The molecule has 0 aliphatic carbocycles. The lowest BCUT2D eigenvalue weighted by Gasteiger charge is -2.32. The van der Waals surface area contributed by atoms with Gasteiger partial charge in [0.25, 0.3) is 5.91 Å². The number of piperazine rings is 1. The number of halogens is 1. The molecule has 1 aromatic rings. The predicted octanol–water partition coefficient (Wildman–Crippen LogP) is 0.00720. The van der Waals surface area contributed by atoms with Gasteiger partial charge in [-0.25, -0.2) is 4.98 Å². The zero-order chi connectivity index (χ0) is 14.0. The summed E-state index contributed by atoms with van der Waals surface area (Å²) in [5.74, 6) is -1.54. The Kier molecular flexibility index (Phi) is 3.75. The largest absolute Gasteiger partial charge is 0.316 e. The molecule has 1 unspecified atom stereocenters. The van der Waals surface area contributed by atoms with Crippen LogP contribution in [0.15, 0.2) is 12.4 Å². The molecule has 0 radical (unpaired) electrons. The average molecular weight is 283 g/mol. The van der Waals surface area contributed by atoms with Crippen LogP contribution >= 0.6 is 11.6 Å². The SMILES string of the molecule is CCC1C(=O)NC(=O)CN1C(=O)c1cncc(Cl)n1. The molecule has 2 heterocycles. The summed E-state index contributed by atoms with van der Waals surface area (Å²) in [4.78, 5) is 44.0. The van der Waals surface area contributed by atoms with Crippen molar-refractivity contribution in [1.82, 2.24) is 20.2 Å². The molecule has 0 aromatic carbocycles. The fourth-order valence-electron chi connectivity index (χ4n) is 1.88. The first-order chi connectivity index (χ1) is 9.02. The van der Waals surface area contributed by atoms with E-state index in [9.17, 15) is 14.4 Å². The number of carbonyl (C=O) groups is 3. The Morgan fingerprint density at radius 2 is 2.26 bits per heavy atom.